The molecule has 0 N–H and O–H groups in total. The van der Waals surface area contributed by atoms with Crippen molar-refractivity contribution in [2.24, 2.45) is 0 Å². The molecule has 26 heavy (non-hydrogen) atoms. The molecule has 1 heterocycles. The predicted molar refractivity (Wildman–Crippen MR) is 112 cm³/mol. The monoisotopic (exact) mass is 467 g/mol. The van der Waals surface area contributed by atoms with Crippen molar-refractivity contribution in [2.45, 2.75) is 6.54 Å². The van der Waals surface area contributed by atoms with E-state index in [4.69, 9.17) is 0 Å². The van der Waals surface area contributed by atoms with Gasteiger partial charge in [-0.25, -0.2) is 4.68 Å². The molecule has 0 unspecified atom stereocenters. The molecule has 3 nitrogen and oxygen atoms in total. The normalized spacial score (nSPS) is 10.8. The number of aromatic nitrogens is 3. The summed E-state index contributed by atoms with van der Waals surface area (Å²) in [5.74, 6) is 0. The smallest absolute Gasteiger partial charge is 0.121 e. The zero-order chi connectivity index (χ0) is 17.9. The van der Waals surface area contributed by atoms with E-state index in [1.165, 1.54) is 5.56 Å². The number of rotatable bonds is 4. The van der Waals surface area contributed by atoms with Gasteiger partial charge in [0.1, 0.15) is 5.69 Å². The van der Waals surface area contributed by atoms with Crippen molar-refractivity contribution in [3.8, 4) is 22.5 Å². The van der Waals surface area contributed by atoms with Crippen molar-refractivity contribution in [3.63, 3.8) is 0 Å². The van der Waals surface area contributed by atoms with Gasteiger partial charge in [-0.3, -0.25) is 0 Å². The van der Waals surface area contributed by atoms with Gasteiger partial charge in [-0.1, -0.05) is 91.7 Å². The second-order valence-corrected chi connectivity index (χ2v) is 7.78. The Bertz CT molecular complexity index is 1010. The minimum absolute atomic E-state index is 0.676. The second-order valence-electron chi connectivity index (χ2n) is 5.94. The Morgan fingerprint density at radius 2 is 1.27 bits per heavy atom. The first-order chi connectivity index (χ1) is 12.7. The average Bonchev–Trinajstić information content (AvgIpc) is 3.07. The molecule has 0 aliphatic carbocycles. The molecule has 5 heteroatoms. The molecule has 128 valence electrons. The van der Waals surface area contributed by atoms with E-state index in [0.29, 0.717) is 6.54 Å². The van der Waals surface area contributed by atoms with Crippen LogP contribution in [0, 0.1) is 0 Å². The minimum atomic E-state index is 0.676. The molecule has 0 saturated carbocycles. The number of hydrogen-bond donors (Lipinski definition) is 0. The highest BCUT2D eigenvalue weighted by atomic mass is 79.9. The summed E-state index contributed by atoms with van der Waals surface area (Å²) < 4.78 is 4.06. The molecule has 0 saturated heterocycles. The van der Waals surface area contributed by atoms with Crippen molar-refractivity contribution in [3.05, 3.63) is 93.4 Å². The first-order valence-corrected chi connectivity index (χ1v) is 9.78. The van der Waals surface area contributed by atoms with E-state index < -0.39 is 0 Å². The third-order valence-corrected chi connectivity index (χ3v) is 5.20. The molecule has 0 aliphatic heterocycles. The Hall–Kier alpha value is -2.24. The Morgan fingerprint density at radius 1 is 0.692 bits per heavy atom. The van der Waals surface area contributed by atoms with E-state index in [1.807, 2.05) is 47.1 Å². The summed E-state index contributed by atoms with van der Waals surface area (Å²) in [4.78, 5) is 0. The SMILES string of the molecule is Brc1ccc(-c2nnn(Cc3ccccc3)c2-c2ccc(Br)cc2)cc1. The maximum Gasteiger partial charge on any atom is 0.121 e. The van der Waals surface area contributed by atoms with Gasteiger partial charge in [-0.2, -0.15) is 0 Å². The molecule has 0 atom stereocenters. The van der Waals surface area contributed by atoms with E-state index in [1.54, 1.807) is 0 Å². The van der Waals surface area contributed by atoms with Crippen LogP contribution in [-0.4, -0.2) is 15.0 Å². The van der Waals surface area contributed by atoms with Crippen LogP contribution >= 0.6 is 31.9 Å². The predicted octanol–water partition coefficient (Wildman–Crippen LogP) is 6.19. The topological polar surface area (TPSA) is 30.7 Å². The van der Waals surface area contributed by atoms with Gasteiger partial charge in [0, 0.05) is 20.1 Å². The van der Waals surface area contributed by atoms with Crippen LogP contribution in [0.4, 0.5) is 0 Å². The minimum Gasteiger partial charge on any atom is -0.240 e. The Morgan fingerprint density at radius 3 is 1.88 bits per heavy atom. The van der Waals surface area contributed by atoms with Crippen LogP contribution in [0.1, 0.15) is 5.56 Å². The number of benzene rings is 3. The van der Waals surface area contributed by atoms with Gasteiger partial charge in [0.15, 0.2) is 0 Å². The summed E-state index contributed by atoms with van der Waals surface area (Å²) in [5, 5.41) is 8.95. The number of halogens is 2. The maximum absolute atomic E-state index is 4.50. The van der Waals surface area contributed by atoms with Crippen molar-refractivity contribution in [1.29, 1.82) is 0 Å². The van der Waals surface area contributed by atoms with Crippen LogP contribution in [-0.2, 0) is 6.54 Å². The van der Waals surface area contributed by atoms with E-state index in [0.717, 1.165) is 31.5 Å². The van der Waals surface area contributed by atoms with Crippen LogP contribution in [0.3, 0.4) is 0 Å². The van der Waals surface area contributed by atoms with Crippen LogP contribution in [0.25, 0.3) is 22.5 Å². The summed E-state index contributed by atoms with van der Waals surface area (Å²) in [6, 6.07) is 26.7. The first-order valence-electron chi connectivity index (χ1n) is 8.20. The van der Waals surface area contributed by atoms with Gasteiger partial charge in [-0.15, -0.1) is 5.10 Å². The molecule has 4 rings (SSSR count). The molecule has 0 spiro atoms. The molecule has 0 fully saturated rings. The summed E-state index contributed by atoms with van der Waals surface area (Å²) in [6.45, 7) is 0.676. The van der Waals surface area contributed by atoms with Gasteiger partial charge in [0.2, 0.25) is 0 Å². The van der Waals surface area contributed by atoms with E-state index in [-0.39, 0.29) is 0 Å². The zero-order valence-electron chi connectivity index (χ0n) is 13.8. The fourth-order valence-electron chi connectivity index (χ4n) is 2.88. The van der Waals surface area contributed by atoms with Crippen molar-refractivity contribution in [1.82, 2.24) is 15.0 Å². The fraction of sp³-hybridized carbons (Fsp3) is 0.0476. The van der Waals surface area contributed by atoms with Crippen LogP contribution in [0.15, 0.2) is 87.8 Å². The van der Waals surface area contributed by atoms with Crippen molar-refractivity contribution in [2.75, 3.05) is 0 Å². The Labute approximate surface area is 168 Å². The maximum atomic E-state index is 4.50. The average molecular weight is 469 g/mol. The van der Waals surface area contributed by atoms with Gasteiger partial charge >= 0.3 is 0 Å². The van der Waals surface area contributed by atoms with Crippen LogP contribution < -0.4 is 0 Å². The molecule has 0 bridgehead atoms. The second kappa shape index (κ2) is 7.56. The first kappa shape index (κ1) is 17.2. The third kappa shape index (κ3) is 3.64. The van der Waals surface area contributed by atoms with Crippen molar-refractivity contribution >= 4 is 31.9 Å². The zero-order valence-corrected chi connectivity index (χ0v) is 17.0. The molecule has 3 aromatic carbocycles. The van der Waals surface area contributed by atoms with Crippen LogP contribution in [0.5, 0.6) is 0 Å². The Balaban J connectivity index is 1.84. The highest BCUT2D eigenvalue weighted by Gasteiger charge is 2.17. The van der Waals surface area contributed by atoms with E-state index >= 15 is 0 Å². The van der Waals surface area contributed by atoms with E-state index in [2.05, 4.69) is 78.6 Å². The lowest BCUT2D eigenvalue weighted by Gasteiger charge is -2.09. The third-order valence-electron chi connectivity index (χ3n) is 4.15. The highest BCUT2D eigenvalue weighted by Crippen LogP contribution is 2.32. The summed E-state index contributed by atoms with van der Waals surface area (Å²) in [6.07, 6.45) is 0. The lowest BCUT2D eigenvalue weighted by molar-refractivity contribution is 0.656. The fourth-order valence-corrected chi connectivity index (χ4v) is 3.40. The molecule has 0 radical (unpaired) electrons. The lowest BCUT2D eigenvalue weighted by Crippen LogP contribution is -2.04. The number of nitrogens with zero attached hydrogens (tertiary/aromatic N) is 3. The quantitative estimate of drug-likeness (QED) is 0.357. The van der Waals surface area contributed by atoms with Crippen LogP contribution in [0.2, 0.25) is 0 Å². The molecule has 0 amide bonds. The summed E-state index contributed by atoms with van der Waals surface area (Å²) >= 11 is 7.00. The highest BCUT2D eigenvalue weighted by molar-refractivity contribution is 9.10. The number of hydrogen-bond acceptors (Lipinski definition) is 2. The molecular formula is C21H15Br2N3. The summed E-state index contributed by atoms with van der Waals surface area (Å²) in [7, 11) is 0. The molecular weight excluding hydrogens is 454 g/mol. The standard InChI is InChI=1S/C21H15Br2N3/c22-18-10-6-16(7-11-18)20-21(17-8-12-19(23)13-9-17)26(25-24-20)14-15-4-2-1-3-5-15/h1-13H,14H2. The van der Waals surface area contributed by atoms with Gasteiger partial charge in [-0.05, 0) is 29.8 Å². The van der Waals surface area contributed by atoms with Crippen molar-refractivity contribution < 1.29 is 0 Å². The molecule has 1 aromatic heterocycles. The molecule has 0 aliphatic rings. The molecule has 4 aromatic rings. The van der Waals surface area contributed by atoms with Gasteiger partial charge in [0.05, 0.1) is 12.2 Å². The summed E-state index contributed by atoms with van der Waals surface area (Å²) in [5.41, 5.74) is 5.23. The van der Waals surface area contributed by atoms with Gasteiger partial charge in [0.25, 0.3) is 0 Å². The van der Waals surface area contributed by atoms with Gasteiger partial charge < -0.3 is 0 Å². The largest absolute Gasteiger partial charge is 0.240 e. The van der Waals surface area contributed by atoms with E-state index in [9.17, 15) is 0 Å². The lowest BCUT2D eigenvalue weighted by atomic mass is 10.0. The Kier molecular flexibility index (Phi) is 5.00.